The van der Waals surface area contributed by atoms with Gasteiger partial charge in [-0.25, -0.2) is 0 Å². The minimum absolute atomic E-state index is 0.205. The van der Waals surface area contributed by atoms with E-state index in [1.165, 1.54) is 0 Å². The number of hydrogen-bond donors (Lipinski definition) is 0. The van der Waals surface area contributed by atoms with Gasteiger partial charge in [-0.3, -0.25) is 4.79 Å². The Morgan fingerprint density at radius 2 is 2.00 bits per heavy atom. The highest BCUT2D eigenvalue weighted by molar-refractivity contribution is 6.74. The van der Waals surface area contributed by atoms with Crippen LogP contribution in [0.1, 0.15) is 33.6 Å². The first kappa shape index (κ1) is 13.2. The molecule has 0 aliphatic heterocycles. The molecular formula is C13H22O2Si. The van der Waals surface area contributed by atoms with E-state index in [1.807, 2.05) is 12.2 Å². The Morgan fingerprint density at radius 1 is 1.38 bits per heavy atom. The fourth-order valence-corrected chi connectivity index (χ4v) is 2.46. The molecule has 1 rings (SSSR count). The maximum Gasteiger partial charge on any atom is 0.250 e. The smallest absolute Gasteiger partial charge is 0.250 e. The molecule has 16 heavy (non-hydrogen) atoms. The van der Waals surface area contributed by atoms with Crippen LogP contribution in [0.2, 0.25) is 18.1 Å². The van der Waals surface area contributed by atoms with Gasteiger partial charge in [0.05, 0.1) is 5.76 Å². The van der Waals surface area contributed by atoms with Crippen molar-refractivity contribution in [3.05, 3.63) is 23.5 Å². The van der Waals surface area contributed by atoms with E-state index in [-0.39, 0.29) is 5.04 Å². The normalized spacial score (nSPS) is 17.6. The second kappa shape index (κ2) is 4.58. The van der Waals surface area contributed by atoms with Gasteiger partial charge in [0.1, 0.15) is 6.29 Å². The predicted octanol–water partition coefficient (Wildman–Crippen LogP) is 3.81. The second-order valence-electron chi connectivity index (χ2n) is 5.83. The van der Waals surface area contributed by atoms with Crippen molar-refractivity contribution < 1.29 is 9.22 Å². The largest absolute Gasteiger partial charge is 0.546 e. The van der Waals surface area contributed by atoms with Crippen molar-refractivity contribution in [1.29, 1.82) is 0 Å². The molecule has 0 aromatic heterocycles. The Labute approximate surface area is 99.5 Å². The zero-order valence-corrected chi connectivity index (χ0v) is 12.0. The SMILES string of the molecule is CC(C)(C)[Si](C)(C)OC1=CC(C=O)=CCC1. The van der Waals surface area contributed by atoms with E-state index in [9.17, 15) is 4.79 Å². The molecular weight excluding hydrogens is 216 g/mol. The van der Waals surface area contributed by atoms with Crippen molar-refractivity contribution in [2.24, 2.45) is 0 Å². The number of rotatable bonds is 3. The van der Waals surface area contributed by atoms with Crippen LogP contribution in [-0.2, 0) is 9.22 Å². The Balaban J connectivity index is 2.79. The first-order chi connectivity index (χ1) is 7.26. The zero-order chi connectivity index (χ0) is 12.4. The summed E-state index contributed by atoms with van der Waals surface area (Å²) in [6.07, 6.45) is 6.58. The average molecular weight is 238 g/mol. The van der Waals surface area contributed by atoms with Crippen LogP contribution < -0.4 is 0 Å². The van der Waals surface area contributed by atoms with Gasteiger partial charge in [-0.1, -0.05) is 26.8 Å². The van der Waals surface area contributed by atoms with E-state index in [1.54, 1.807) is 0 Å². The van der Waals surface area contributed by atoms with E-state index in [0.29, 0.717) is 0 Å². The predicted molar refractivity (Wildman–Crippen MR) is 69.7 cm³/mol. The Morgan fingerprint density at radius 3 is 2.50 bits per heavy atom. The molecule has 90 valence electrons. The highest BCUT2D eigenvalue weighted by Crippen LogP contribution is 2.38. The van der Waals surface area contributed by atoms with Crippen LogP contribution in [0.15, 0.2) is 23.5 Å². The van der Waals surface area contributed by atoms with Crippen LogP contribution in [0.25, 0.3) is 0 Å². The summed E-state index contributed by atoms with van der Waals surface area (Å²) >= 11 is 0. The first-order valence-corrected chi connectivity index (χ1v) is 8.72. The summed E-state index contributed by atoms with van der Waals surface area (Å²) in [5.41, 5.74) is 0.750. The van der Waals surface area contributed by atoms with Gasteiger partial charge in [-0.2, -0.15) is 0 Å². The topological polar surface area (TPSA) is 26.3 Å². The van der Waals surface area contributed by atoms with E-state index >= 15 is 0 Å². The summed E-state index contributed by atoms with van der Waals surface area (Å²) in [4.78, 5) is 10.7. The quantitative estimate of drug-likeness (QED) is 0.552. The average Bonchev–Trinajstić information content (AvgIpc) is 2.15. The lowest BCUT2D eigenvalue weighted by atomic mass is 10.1. The molecule has 3 heteroatoms. The van der Waals surface area contributed by atoms with Crippen molar-refractivity contribution in [2.75, 3.05) is 0 Å². The van der Waals surface area contributed by atoms with Crippen molar-refractivity contribution in [3.63, 3.8) is 0 Å². The summed E-state index contributed by atoms with van der Waals surface area (Å²) < 4.78 is 6.18. The van der Waals surface area contributed by atoms with E-state index in [4.69, 9.17) is 4.43 Å². The molecule has 0 atom stereocenters. The van der Waals surface area contributed by atoms with Crippen LogP contribution in [0.4, 0.5) is 0 Å². The van der Waals surface area contributed by atoms with Gasteiger partial charge < -0.3 is 4.43 Å². The van der Waals surface area contributed by atoms with Crippen LogP contribution in [0.3, 0.4) is 0 Å². The molecule has 0 heterocycles. The maximum atomic E-state index is 10.7. The number of carbonyl (C=O) groups is 1. The number of carbonyl (C=O) groups excluding carboxylic acids is 1. The third kappa shape index (κ3) is 3.08. The van der Waals surface area contributed by atoms with Crippen molar-refractivity contribution in [2.45, 2.75) is 51.7 Å². The molecule has 1 aliphatic carbocycles. The maximum absolute atomic E-state index is 10.7. The van der Waals surface area contributed by atoms with Gasteiger partial charge in [-0.05, 0) is 30.6 Å². The number of hydrogen-bond acceptors (Lipinski definition) is 2. The molecule has 0 aromatic carbocycles. The summed E-state index contributed by atoms with van der Waals surface area (Å²) in [7, 11) is -1.75. The van der Waals surface area contributed by atoms with Gasteiger partial charge in [0, 0.05) is 12.0 Å². The minimum Gasteiger partial charge on any atom is -0.546 e. The Kier molecular flexibility index (Phi) is 3.78. The van der Waals surface area contributed by atoms with Crippen molar-refractivity contribution in [3.8, 4) is 0 Å². The molecule has 0 saturated heterocycles. The summed E-state index contributed by atoms with van der Waals surface area (Å²) in [6.45, 7) is 11.1. The highest BCUT2D eigenvalue weighted by atomic mass is 28.4. The molecule has 0 unspecified atom stereocenters. The van der Waals surface area contributed by atoms with Crippen LogP contribution >= 0.6 is 0 Å². The fraction of sp³-hybridized carbons (Fsp3) is 0.615. The van der Waals surface area contributed by atoms with Crippen molar-refractivity contribution >= 4 is 14.6 Å². The molecule has 0 saturated carbocycles. The second-order valence-corrected chi connectivity index (χ2v) is 10.6. The zero-order valence-electron chi connectivity index (χ0n) is 11.0. The van der Waals surface area contributed by atoms with E-state index in [0.717, 1.165) is 30.5 Å². The molecule has 0 N–H and O–H groups in total. The summed E-state index contributed by atoms with van der Waals surface area (Å²) in [6, 6.07) is 0. The van der Waals surface area contributed by atoms with Gasteiger partial charge in [-0.15, -0.1) is 0 Å². The summed E-state index contributed by atoms with van der Waals surface area (Å²) in [5.74, 6) is 0.983. The minimum atomic E-state index is -1.75. The molecule has 0 fully saturated rings. The highest BCUT2D eigenvalue weighted by Gasteiger charge is 2.39. The lowest BCUT2D eigenvalue weighted by Crippen LogP contribution is -2.40. The molecule has 0 amide bonds. The van der Waals surface area contributed by atoms with Gasteiger partial charge in [0.2, 0.25) is 8.32 Å². The van der Waals surface area contributed by atoms with E-state index in [2.05, 4.69) is 33.9 Å². The van der Waals surface area contributed by atoms with E-state index < -0.39 is 8.32 Å². The van der Waals surface area contributed by atoms with Gasteiger partial charge in [0.25, 0.3) is 0 Å². The number of allylic oxidation sites excluding steroid dienone is 4. The fourth-order valence-electron chi connectivity index (χ4n) is 1.34. The summed E-state index contributed by atoms with van der Waals surface area (Å²) in [5, 5.41) is 0.205. The van der Waals surface area contributed by atoms with Gasteiger partial charge in [0.15, 0.2) is 0 Å². The molecule has 0 spiro atoms. The standard InChI is InChI=1S/C13H22O2Si/c1-13(2,3)16(4,5)15-12-8-6-7-11(9-12)10-14/h7,9-10H,6,8H2,1-5H3. The van der Waals surface area contributed by atoms with Gasteiger partial charge >= 0.3 is 0 Å². The Hall–Kier alpha value is -0.833. The third-order valence-electron chi connectivity index (χ3n) is 3.43. The molecule has 1 aliphatic rings. The third-order valence-corrected chi connectivity index (χ3v) is 7.81. The van der Waals surface area contributed by atoms with Crippen LogP contribution in [0.5, 0.6) is 0 Å². The first-order valence-electron chi connectivity index (χ1n) is 5.81. The van der Waals surface area contributed by atoms with Crippen LogP contribution in [0, 0.1) is 0 Å². The molecule has 0 bridgehead atoms. The van der Waals surface area contributed by atoms with Crippen LogP contribution in [-0.4, -0.2) is 14.6 Å². The number of aldehydes is 1. The molecule has 0 radical (unpaired) electrons. The molecule has 0 aromatic rings. The lowest BCUT2D eigenvalue weighted by molar-refractivity contribution is -0.104. The van der Waals surface area contributed by atoms with Crippen molar-refractivity contribution in [1.82, 2.24) is 0 Å². The Bertz CT molecular complexity index is 332. The molecule has 2 nitrogen and oxygen atoms in total. The monoisotopic (exact) mass is 238 g/mol. The lowest BCUT2D eigenvalue weighted by Gasteiger charge is -2.37.